The van der Waals surface area contributed by atoms with Gasteiger partial charge >= 0.3 is 0 Å². The number of H-pyrrole nitrogens is 1. The number of hydrogen-bond acceptors (Lipinski definition) is 4. The molecule has 1 aliphatic rings. The summed E-state index contributed by atoms with van der Waals surface area (Å²) in [4.78, 5) is 15.0. The molecule has 0 spiro atoms. The predicted molar refractivity (Wildman–Crippen MR) is 104 cm³/mol. The highest BCUT2D eigenvalue weighted by molar-refractivity contribution is 5.93. The maximum absolute atomic E-state index is 13.1. The average Bonchev–Trinajstić information content (AvgIpc) is 3.45. The van der Waals surface area contributed by atoms with Crippen LogP contribution in [0.5, 0.6) is 0 Å². The number of fused-ring (bicyclic) bond motifs is 1. The molecular formula is C22H18N4O2. The summed E-state index contributed by atoms with van der Waals surface area (Å²) >= 11 is 0. The highest BCUT2D eigenvalue weighted by Gasteiger charge is 2.31. The summed E-state index contributed by atoms with van der Waals surface area (Å²) in [5.74, 6) is 0.537. The maximum Gasteiger partial charge on any atom is 0.276 e. The van der Waals surface area contributed by atoms with E-state index < -0.39 is 0 Å². The number of nitrogens with zero attached hydrogens (tertiary/aromatic N) is 3. The molecule has 1 atom stereocenters. The Morgan fingerprint density at radius 1 is 1.11 bits per heavy atom. The molecule has 1 aliphatic heterocycles. The Balaban J connectivity index is 1.45. The Bertz CT molecular complexity index is 1100. The highest BCUT2D eigenvalue weighted by atomic mass is 16.5. The Kier molecular flexibility index (Phi) is 4.01. The molecule has 3 heterocycles. The molecule has 1 N–H and O–H groups in total. The number of amides is 1. The van der Waals surface area contributed by atoms with Crippen molar-refractivity contribution in [3.05, 3.63) is 95.4 Å². The second kappa shape index (κ2) is 6.81. The number of nitrogens with one attached hydrogen (secondary N) is 1. The van der Waals surface area contributed by atoms with Crippen molar-refractivity contribution >= 4 is 5.91 Å². The first-order valence-corrected chi connectivity index (χ1v) is 9.17. The summed E-state index contributed by atoms with van der Waals surface area (Å²) in [5.41, 5.74) is 4.66. The third kappa shape index (κ3) is 2.89. The standard InChI is InChI=1S/C22H18N4O2/c27-22(20-10-21(28-25-20)15-6-2-1-3-7-15)26-13-16-8-4-5-9-18(16)19(14-26)17-11-23-24-12-17/h1-12,19H,13-14H2,(H,23,24). The van der Waals surface area contributed by atoms with E-state index in [0.29, 0.717) is 24.5 Å². The van der Waals surface area contributed by atoms with Crippen molar-refractivity contribution in [2.45, 2.75) is 12.5 Å². The third-order valence-corrected chi connectivity index (χ3v) is 5.19. The van der Waals surface area contributed by atoms with Crippen LogP contribution in [-0.4, -0.2) is 32.7 Å². The second-order valence-electron chi connectivity index (χ2n) is 6.91. The topological polar surface area (TPSA) is 75.0 Å². The number of benzene rings is 2. The van der Waals surface area contributed by atoms with E-state index in [4.69, 9.17) is 4.52 Å². The minimum atomic E-state index is -0.131. The summed E-state index contributed by atoms with van der Waals surface area (Å²) in [6.07, 6.45) is 3.71. The van der Waals surface area contributed by atoms with Crippen LogP contribution in [-0.2, 0) is 6.54 Å². The maximum atomic E-state index is 13.1. The van der Waals surface area contributed by atoms with Gasteiger partial charge in [-0.25, -0.2) is 0 Å². The quantitative estimate of drug-likeness (QED) is 0.594. The molecule has 5 rings (SSSR count). The largest absolute Gasteiger partial charge is 0.355 e. The minimum Gasteiger partial charge on any atom is -0.355 e. The average molecular weight is 370 g/mol. The van der Waals surface area contributed by atoms with Crippen molar-refractivity contribution < 1.29 is 9.32 Å². The van der Waals surface area contributed by atoms with Gasteiger partial charge in [0.05, 0.1) is 6.20 Å². The summed E-state index contributed by atoms with van der Waals surface area (Å²) in [6, 6.07) is 19.6. The number of rotatable bonds is 3. The number of carbonyl (C=O) groups excluding carboxylic acids is 1. The van der Waals surface area contributed by atoms with Crippen molar-refractivity contribution in [1.82, 2.24) is 20.3 Å². The van der Waals surface area contributed by atoms with Crippen molar-refractivity contribution in [3.8, 4) is 11.3 Å². The van der Waals surface area contributed by atoms with Crippen molar-refractivity contribution in [1.29, 1.82) is 0 Å². The van der Waals surface area contributed by atoms with Gasteiger partial charge in [0, 0.05) is 36.8 Å². The van der Waals surface area contributed by atoms with E-state index in [1.54, 1.807) is 6.07 Å². The van der Waals surface area contributed by atoms with Crippen LogP contribution in [0.4, 0.5) is 0 Å². The van der Waals surface area contributed by atoms with Crippen LogP contribution in [0, 0.1) is 0 Å². The lowest BCUT2D eigenvalue weighted by molar-refractivity contribution is 0.0714. The summed E-state index contributed by atoms with van der Waals surface area (Å²) in [6.45, 7) is 1.12. The van der Waals surface area contributed by atoms with E-state index in [0.717, 1.165) is 16.7 Å². The van der Waals surface area contributed by atoms with E-state index in [2.05, 4.69) is 27.5 Å². The molecule has 28 heavy (non-hydrogen) atoms. The van der Waals surface area contributed by atoms with Gasteiger partial charge in [0.1, 0.15) is 0 Å². The van der Waals surface area contributed by atoms with E-state index in [1.165, 1.54) is 5.56 Å². The molecule has 0 saturated heterocycles. The first kappa shape index (κ1) is 16.5. The normalized spacial score (nSPS) is 16.0. The summed E-state index contributed by atoms with van der Waals surface area (Å²) in [7, 11) is 0. The van der Waals surface area contributed by atoms with Gasteiger partial charge in [-0.1, -0.05) is 59.8 Å². The molecule has 1 unspecified atom stereocenters. The number of aromatic amines is 1. The molecule has 4 aromatic rings. The lowest BCUT2D eigenvalue weighted by atomic mass is 9.86. The van der Waals surface area contributed by atoms with Crippen LogP contribution >= 0.6 is 0 Å². The van der Waals surface area contributed by atoms with E-state index in [9.17, 15) is 4.79 Å². The van der Waals surface area contributed by atoms with Gasteiger partial charge in [0.25, 0.3) is 5.91 Å². The molecule has 1 amide bonds. The van der Waals surface area contributed by atoms with Gasteiger partial charge in [-0.3, -0.25) is 9.89 Å². The van der Waals surface area contributed by atoms with Crippen LogP contribution < -0.4 is 0 Å². The highest BCUT2D eigenvalue weighted by Crippen LogP contribution is 2.33. The van der Waals surface area contributed by atoms with Crippen LogP contribution in [0.3, 0.4) is 0 Å². The fourth-order valence-electron chi connectivity index (χ4n) is 3.77. The predicted octanol–water partition coefficient (Wildman–Crippen LogP) is 3.85. The molecule has 6 nitrogen and oxygen atoms in total. The SMILES string of the molecule is O=C(c1cc(-c2ccccc2)on1)N1Cc2ccccc2C(c2cn[nH]c2)C1. The molecular weight excluding hydrogens is 352 g/mol. The summed E-state index contributed by atoms with van der Waals surface area (Å²) in [5, 5.41) is 11.0. The van der Waals surface area contributed by atoms with Gasteiger partial charge in [-0.2, -0.15) is 5.10 Å². The van der Waals surface area contributed by atoms with E-state index >= 15 is 0 Å². The molecule has 2 aromatic carbocycles. The molecule has 6 heteroatoms. The van der Waals surface area contributed by atoms with Crippen molar-refractivity contribution in [2.24, 2.45) is 0 Å². The molecule has 0 fully saturated rings. The van der Waals surface area contributed by atoms with Crippen molar-refractivity contribution in [2.75, 3.05) is 6.54 Å². The molecule has 0 radical (unpaired) electrons. The molecule has 0 saturated carbocycles. The Morgan fingerprint density at radius 3 is 2.75 bits per heavy atom. The first-order chi connectivity index (χ1) is 13.8. The van der Waals surface area contributed by atoms with Crippen LogP contribution in [0.15, 0.2) is 77.6 Å². The zero-order chi connectivity index (χ0) is 18.9. The molecule has 138 valence electrons. The fourth-order valence-corrected chi connectivity index (χ4v) is 3.77. The van der Waals surface area contributed by atoms with Gasteiger partial charge in [-0.15, -0.1) is 0 Å². The second-order valence-corrected chi connectivity index (χ2v) is 6.91. The first-order valence-electron chi connectivity index (χ1n) is 9.17. The zero-order valence-corrected chi connectivity index (χ0v) is 15.1. The van der Waals surface area contributed by atoms with Gasteiger partial charge in [-0.05, 0) is 16.7 Å². The fraction of sp³-hybridized carbons (Fsp3) is 0.136. The monoisotopic (exact) mass is 370 g/mol. The number of carbonyl (C=O) groups is 1. The number of aromatic nitrogens is 3. The van der Waals surface area contributed by atoms with Gasteiger partial charge in [0.15, 0.2) is 11.5 Å². The smallest absolute Gasteiger partial charge is 0.276 e. The van der Waals surface area contributed by atoms with Crippen LogP contribution in [0.1, 0.15) is 33.1 Å². The minimum absolute atomic E-state index is 0.0770. The zero-order valence-electron chi connectivity index (χ0n) is 15.1. The number of hydrogen-bond donors (Lipinski definition) is 1. The lowest BCUT2D eigenvalue weighted by Crippen LogP contribution is -2.38. The lowest BCUT2D eigenvalue weighted by Gasteiger charge is -2.34. The van der Waals surface area contributed by atoms with Crippen LogP contribution in [0.2, 0.25) is 0 Å². The Morgan fingerprint density at radius 2 is 1.93 bits per heavy atom. The van der Waals surface area contributed by atoms with Gasteiger partial charge < -0.3 is 9.42 Å². The third-order valence-electron chi connectivity index (χ3n) is 5.19. The van der Waals surface area contributed by atoms with E-state index in [-0.39, 0.29) is 11.8 Å². The molecule has 0 aliphatic carbocycles. The molecule has 2 aromatic heterocycles. The van der Waals surface area contributed by atoms with Crippen LogP contribution in [0.25, 0.3) is 11.3 Å². The van der Waals surface area contributed by atoms with E-state index in [1.807, 2.05) is 59.8 Å². The van der Waals surface area contributed by atoms with Gasteiger partial charge in [0.2, 0.25) is 0 Å². The Hall–Kier alpha value is -3.67. The molecule has 0 bridgehead atoms. The summed E-state index contributed by atoms with van der Waals surface area (Å²) < 4.78 is 5.42. The van der Waals surface area contributed by atoms with Crippen molar-refractivity contribution in [3.63, 3.8) is 0 Å². The Labute approximate surface area is 161 Å².